The van der Waals surface area contributed by atoms with E-state index in [-0.39, 0.29) is 12.1 Å². The van der Waals surface area contributed by atoms with E-state index in [1.54, 1.807) is 36.6 Å². The number of tetrazole rings is 1. The summed E-state index contributed by atoms with van der Waals surface area (Å²) in [5, 5.41) is 20.0. The molecule has 0 unspecified atom stereocenters. The van der Waals surface area contributed by atoms with E-state index < -0.39 is 0 Å². The molecule has 1 saturated carbocycles. The van der Waals surface area contributed by atoms with Gasteiger partial charge in [-0.05, 0) is 60.7 Å². The number of hydrogen-bond acceptors (Lipinski definition) is 15. The van der Waals surface area contributed by atoms with Gasteiger partial charge in [0.15, 0.2) is 0 Å². The van der Waals surface area contributed by atoms with E-state index in [4.69, 9.17) is 49.9 Å². The van der Waals surface area contributed by atoms with Crippen LogP contribution in [-0.2, 0) is 30.2 Å². The van der Waals surface area contributed by atoms with Crippen LogP contribution in [-0.4, -0.2) is 143 Å². The van der Waals surface area contributed by atoms with E-state index in [0.717, 1.165) is 63.1 Å². The van der Waals surface area contributed by atoms with Crippen LogP contribution in [0.1, 0.15) is 45.1 Å². The Balaban J connectivity index is 1.03. The number of morpholine rings is 1. The standard InChI is InChI=1S/C37H53ClN10O7/c1-28(25-47-27-41-44-45-47)55-35-22-29(4-9-33(35)38)30-23-39-37(40-24-30)42-34-26-48(32-7-5-31(6-8-32)46-10-14-51-15-11-46)43-36(34)54-13-3-12-50-18-19-53-21-20-52-17-16-49-2/h4,9,22-24,26-28,31-32H,3,5-8,10-21,25H2,1-2H3,(H,39,40,42)/t28-,31-,32-/m0/s1. The lowest BCUT2D eigenvalue weighted by molar-refractivity contribution is 0.00242. The normalized spacial score (nSPS) is 18.3. The van der Waals surface area contributed by atoms with E-state index >= 15 is 0 Å². The molecule has 2 aliphatic rings. The third-order valence-electron chi connectivity index (χ3n) is 9.47. The summed E-state index contributed by atoms with van der Waals surface area (Å²) < 4.78 is 43.2. The lowest BCUT2D eigenvalue weighted by atomic mass is 9.90. The van der Waals surface area contributed by atoms with Gasteiger partial charge in [-0.25, -0.2) is 14.6 Å². The molecular formula is C37H53ClN10O7. The first-order chi connectivity index (χ1) is 27.1. The second-order valence-corrected chi connectivity index (χ2v) is 13.9. The molecule has 1 N–H and O–H groups in total. The zero-order chi connectivity index (χ0) is 38.1. The second kappa shape index (κ2) is 21.9. The van der Waals surface area contributed by atoms with E-state index in [9.17, 15) is 0 Å². The van der Waals surface area contributed by atoms with Crippen molar-refractivity contribution in [1.29, 1.82) is 0 Å². The molecular weight excluding hydrogens is 732 g/mol. The molecule has 2 fully saturated rings. The number of anilines is 2. The molecule has 17 nitrogen and oxygen atoms in total. The van der Waals surface area contributed by atoms with Crippen LogP contribution in [0.15, 0.2) is 43.1 Å². The summed E-state index contributed by atoms with van der Waals surface area (Å²) in [4.78, 5) is 11.8. The van der Waals surface area contributed by atoms with Crippen LogP contribution in [0.4, 0.5) is 11.6 Å². The zero-order valence-corrected chi connectivity index (χ0v) is 32.5. The van der Waals surface area contributed by atoms with Crippen LogP contribution in [0.2, 0.25) is 5.02 Å². The van der Waals surface area contributed by atoms with Crippen LogP contribution in [0.3, 0.4) is 0 Å². The number of halogens is 1. The molecule has 1 atom stereocenters. The molecule has 0 radical (unpaired) electrons. The predicted octanol–water partition coefficient (Wildman–Crippen LogP) is 4.47. The summed E-state index contributed by atoms with van der Waals surface area (Å²) in [6.45, 7) is 10.3. The van der Waals surface area contributed by atoms with Crippen LogP contribution in [0.5, 0.6) is 11.6 Å². The van der Waals surface area contributed by atoms with Crippen molar-refractivity contribution in [2.75, 3.05) is 91.6 Å². The number of nitrogens with zero attached hydrogens (tertiary/aromatic N) is 9. The first-order valence-corrected chi connectivity index (χ1v) is 19.5. The number of aromatic nitrogens is 8. The number of benzene rings is 1. The van der Waals surface area contributed by atoms with Gasteiger partial charge >= 0.3 is 0 Å². The maximum Gasteiger partial charge on any atom is 0.256 e. The van der Waals surface area contributed by atoms with Gasteiger partial charge in [-0.3, -0.25) is 9.58 Å². The average molecular weight is 785 g/mol. The molecule has 4 aromatic rings. The Hall–Kier alpha value is -3.97. The Labute approximate surface area is 326 Å². The highest BCUT2D eigenvalue weighted by molar-refractivity contribution is 6.32. The molecule has 1 saturated heterocycles. The number of ether oxygens (including phenoxy) is 7. The third-order valence-corrected chi connectivity index (χ3v) is 9.79. The van der Waals surface area contributed by atoms with Crippen molar-refractivity contribution in [1.82, 2.24) is 44.9 Å². The van der Waals surface area contributed by atoms with E-state index in [2.05, 4.69) is 35.7 Å². The van der Waals surface area contributed by atoms with Gasteiger partial charge in [0.1, 0.15) is 23.9 Å². The smallest absolute Gasteiger partial charge is 0.256 e. The van der Waals surface area contributed by atoms with Gasteiger partial charge in [-0.15, -0.1) is 10.2 Å². The lowest BCUT2D eigenvalue weighted by Crippen LogP contribution is -2.45. The summed E-state index contributed by atoms with van der Waals surface area (Å²) in [6, 6.07) is 6.47. The van der Waals surface area contributed by atoms with Gasteiger partial charge in [-0.2, -0.15) is 0 Å². The first kappa shape index (κ1) is 40.7. The summed E-state index contributed by atoms with van der Waals surface area (Å²) in [6.07, 6.45) is 11.9. The Morgan fingerprint density at radius 1 is 0.891 bits per heavy atom. The second-order valence-electron chi connectivity index (χ2n) is 13.5. The number of hydrogen-bond donors (Lipinski definition) is 1. The van der Waals surface area contributed by atoms with Crippen molar-refractivity contribution in [2.45, 2.75) is 63.8 Å². The largest absolute Gasteiger partial charge is 0.487 e. The van der Waals surface area contributed by atoms with Gasteiger partial charge in [0, 0.05) is 57.2 Å². The Morgan fingerprint density at radius 3 is 2.31 bits per heavy atom. The summed E-state index contributed by atoms with van der Waals surface area (Å²) in [7, 11) is 1.65. The Morgan fingerprint density at radius 2 is 1.60 bits per heavy atom. The van der Waals surface area contributed by atoms with E-state index in [0.29, 0.717) is 100 Å². The summed E-state index contributed by atoms with van der Waals surface area (Å²) >= 11 is 6.48. The van der Waals surface area contributed by atoms with Crippen molar-refractivity contribution in [3.63, 3.8) is 0 Å². The Kier molecular flexibility index (Phi) is 16.2. The first-order valence-electron chi connectivity index (χ1n) is 19.1. The monoisotopic (exact) mass is 784 g/mol. The van der Waals surface area contributed by atoms with Gasteiger partial charge in [0.2, 0.25) is 5.95 Å². The van der Waals surface area contributed by atoms with Crippen LogP contribution in [0.25, 0.3) is 11.1 Å². The number of nitrogens with one attached hydrogen (secondary N) is 1. The van der Waals surface area contributed by atoms with Crippen molar-refractivity contribution in [3.05, 3.63) is 48.1 Å². The molecule has 4 heterocycles. The highest BCUT2D eigenvalue weighted by Crippen LogP contribution is 2.35. The van der Waals surface area contributed by atoms with Gasteiger partial charge in [0.25, 0.3) is 5.88 Å². The molecule has 1 aliphatic carbocycles. The number of methoxy groups -OCH3 is 1. The van der Waals surface area contributed by atoms with Crippen molar-refractivity contribution in [2.24, 2.45) is 0 Å². The zero-order valence-electron chi connectivity index (χ0n) is 31.8. The van der Waals surface area contributed by atoms with Crippen molar-refractivity contribution >= 4 is 23.2 Å². The molecule has 6 rings (SSSR count). The quantitative estimate of drug-likeness (QED) is 0.105. The minimum Gasteiger partial charge on any atom is -0.487 e. The van der Waals surface area contributed by atoms with Gasteiger partial charge < -0.3 is 38.5 Å². The average Bonchev–Trinajstić information content (AvgIpc) is 3.88. The lowest BCUT2D eigenvalue weighted by Gasteiger charge is -2.38. The fourth-order valence-corrected chi connectivity index (χ4v) is 6.78. The van der Waals surface area contributed by atoms with Crippen LogP contribution < -0.4 is 14.8 Å². The topological polar surface area (TPSA) is 167 Å². The highest BCUT2D eigenvalue weighted by Gasteiger charge is 2.29. The van der Waals surface area contributed by atoms with Crippen molar-refractivity contribution in [3.8, 4) is 22.8 Å². The molecule has 18 heteroatoms. The molecule has 55 heavy (non-hydrogen) atoms. The number of rotatable bonds is 23. The fraction of sp³-hybridized carbons (Fsp3) is 0.622. The molecule has 0 spiro atoms. The van der Waals surface area contributed by atoms with E-state index in [1.165, 1.54) is 0 Å². The summed E-state index contributed by atoms with van der Waals surface area (Å²) in [5.74, 6) is 1.49. The molecule has 1 aromatic carbocycles. The predicted molar refractivity (Wildman–Crippen MR) is 204 cm³/mol. The Bertz CT molecular complexity index is 1670. The third kappa shape index (κ3) is 12.8. The minimum atomic E-state index is -0.217. The van der Waals surface area contributed by atoms with Gasteiger partial charge in [0.05, 0.1) is 83.3 Å². The molecule has 3 aromatic heterocycles. The van der Waals surface area contributed by atoms with Crippen LogP contribution >= 0.6 is 11.6 Å². The maximum atomic E-state index is 6.48. The van der Waals surface area contributed by atoms with Gasteiger partial charge in [-0.1, -0.05) is 17.7 Å². The molecule has 0 bridgehead atoms. The molecule has 1 aliphatic heterocycles. The summed E-state index contributed by atoms with van der Waals surface area (Å²) in [5.41, 5.74) is 2.39. The van der Waals surface area contributed by atoms with Crippen molar-refractivity contribution < 1.29 is 33.2 Å². The highest BCUT2D eigenvalue weighted by atomic mass is 35.5. The minimum absolute atomic E-state index is 0.217. The SMILES string of the molecule is COCCOCCOCCOCCCOc1nn([C@H]2CC[C@H](N3CCOCC3)CC2)cc1Nc1ncc(-c2ccc(Cl)c(O[C@@H](C)Cn3cnnn3)c2)cn1. The molecule has 0 amide bonds. The van der Waals surface area contributed by atoms with E-state index in [1.807, 2.05) is 29.9 Å². The maximum absolute atomic E-state index is 6.48. The fourth-order valence-electron chi connectivity index (χ4n) is 6.62. The van der Waals surface area contributed by atoms with Crippen LogP contribution in [0, 0.1) is 0 Å². The molecule has 300 valence electrons.